The van der Waals surface area contributed by atoms with Gasteiger partial charge < -0.3 is 11.1 Å². The number of thiophene rings is 1. The normalized spacial score (nSPS) is 25.6. The Bertz CT molecular complexity index is 297. The predicted molar refractivity (Wildman–Crippen MR) is 52.5 cm³/mol. The van der Waals surface area contributed by atoms with Gasteiger partial charge in [0.25, 0.3) is 0 Å². The molecule has 1 amide bonds. The molecule has 0 bridgehead atoms. The molecule has 1 aromatic heterocycles. The largest absolute Gasteiger partial charge is 0.351 e. The van der Waals surface area contributed by atoms with Crippen LogP contribution in [-0.4, -0.2) is 18.0 Å². The van der Waals surface area contributed by atoms with E-state index in [9.17, 15) is 4.79 Å². The zero-order valence-electron chi connectivity index (χ0n) is 7.19. The summed E-state index contributed by atoms with van der Waals surface area (Å²) in [7, 11) is 0. The highest BCUT2D eigenvalue weighted by molar-refractivity contribution is 7.10. The van der Waals surface area contributed by atoms with Crippen LogP contribution >= 0.6 is 11.3 Å². The van der Waals surface area contributed by atoms with Crippen molar-refractivity contribution >= 4 is 17.2 Å². The first kappa shape index (κ1) is 8.72. The zero-order valence-corrected chi connectivity index (χ0v) is 8.01. The van der Waals surface area contributed by atoms with Crippen molar-refractivity contribution in [3.05, 3.63) is 22.4 Å². The molecule has 2 unspecified atom stereocenters. The number of nitrogens with two attached hydrogens (primary N) is 1. The Morgan fingerprint density at radius 2 is 2.54 bits per heavy atom. The number of carbonyl (C=O) groups excluding carboxylic acids is 1. The molecule has 0 radical (unpaired) electrons. The third-order valence-corrected chi connectivity index (χ3v) is 2.98. The summed E-state index contributed by atoms with van der Waals surface area (Å²) < 4.78 is 0. The van der Waals surface area contributed by atoms with Gasteiger partial charge in [0.2, 0.25) is 5.91 Å². The molecule has 1 saturated carbocycles. The molecule has 0 aliphatic heterocycles. The molecular weight excluding hydrogens is 184 g/mol. The van der Waals surface area contributed by atoms with Crippen LogP contribution < -0.4 is 11.1 Å². The van der Waals surface area contributed by atoms with Crippen molar-refractivity contribution in [2.24, 2.45) is 5.73 Å². The third-order valence-electron chi connectivity index (χ3n) is 2.10. The van der Waals surface area contributed by atoms with Gasteiger partial charge >= 0.3 is 0 Å². The maximum Gasteiger partial charge on any atom is 0.225 e. The number of amides is 1. The van der Waals surface area contributed by atoms with Crippen LogP contribution in [0.1, 0.15) is 11.3 Å². The summed E-state index contributed by atoms with van der Waals surface area (Å²) in [5.74, 6) is 0.0837. The Kier molecular flexibility index (Phi) is 2.33. The minimum atomic E-state index is 0.0837. The van der Waals surface area contributed by atoms with E-state index in [1.807, 2.05) is 17.5 Å². The Hall–Kier alpha value is -0.870. The topological polar surface area (TPSA) is 55.1 Å². The lowest BCUT2D eigenvalue weighted by atomic mass is 10.3. The number of hydrogen-bond acceptors (Lipinski definition) is 3. The molecule has 3 nitrogen and oxygen atoms in total. The van der Waals surface area contributed by atoms with E-state index >= 15 is 0 Å². The van der Waals surface area contributed by atoms with Crippen LogP contribution in [0.3, 0.4) is 0 Å². The molecule has 1 fully saturated rings. The Labute approximate surface area is 80.9 Å². The highest BCUT2D eigenvalue weighted by Gasteiger charge is 2.34. The molecule has 1 aliphatic rings. The quantitative estimate of drug-likeness (QED) is 0.740. The number of carbonyl (C=O) groups is 1. The first-order valence-corrected chi connectivity index (χ1v) is 5.21. The molecule has 2 rings (SSSR count). The fraction of sp³-hybridized carbons (Fsp3) is 0.444. The fourth-order valence-electron chi connectivity index (χ4n) is 1.21. The van der Waals surface area contributed by atoms with Crippen LogP contribution in [0.2, 0.25) is 0 Å². The number of hydrogen-bond donors (Lipinski definition) is 2. The molecule has 1 aromatic rings. The minimum Gasteiger partial charge on any atom is -0.351 e. The lowest BCUT2D eigenvalue weighted by Gasteiger charge is -2.01. The monoisotopic (exact) mass is 196 g/mol. The van der Waals surface area contributed by atoms with E-state index in [0.29, 0.717) is 6.42 Å². The summed E-state index contributed by atoms with van der Waals surface area (Å²) in [6, 6.07) is 4.34. The maximum atomic E-state index is 11.3. The van der Waals surface area contributed by atoms with E-state index in [2.05, 4.69) is 5.32 Å². The van der Waals surface area contributed by atoms with E-state index in [1.54, 1.807) is 11.3 Å². The maximum absolute atomic E-state index is 11.3. The van der Waals surface area contributed by atoms with Crippen LogP contribution in [-0.2, 0) is 11.2 Å². The predicted octanol–water partition coefficient (Wildman–Crippen LogP) is 0.506. The van der Waals surface area contributed by atoms with Gasteiger partial charge in [-0.15, -0.1) is 11.3 Å². The van der Waals surface area contributed by atoms with E-state index < -0.39 is 0 Å². The highest BCUT2D eigenvalue weighted by Crippen LogP contribution is 2.18. The van der Waals surface area contributed by atoms with Gasteiger partial charge in [0.15, 0.2) is 0 Å². The van der Waals surface area contributed by atoms with Crippen molar-refractivity contribution in [3.63, 3.8) is 0 Å². The summed E-state index contributed by atoms with van der Waals surface area (Å²) in [5.41, 5.74) is 5.58. The second-order valence-corrected chi connectivity index (χ2v) is 4.36. The van der Waals surface area contributed by atoms with Crippen molar-refractivity contribution < 1.29 is 4.79 Å². The molecule has 13 heavy (non-hydrogen) atoms. The average molecular weight is 196 g/mol. The molecule has 0 aromatic carbocycles. The van der Waals surface area contributed by atoms with Crippen LogP contribution in [0.4, 0.5) is 0 Å². The Balaban J connectivity index is 1.79. The molecule has 3 N–H and O–H groups in total. The van der Waals surface area contributed by atoms with Gasteiger partial charge in [0.05, 0.1) is 6.42 Å². The second kappa shape index (κ2) is 3.47. The highest BCUT2D eigenvalue weighted by atomic mass is 32.1. The zero-order chi connectivity index (χ0) is 9.26. The van der Waals surface area contributed by atoms with Gasteiger partial charge in [0, 0.05) is 17.0 Å². The SMILES string of the molecule is NC1CC1NC(=O)Cc1cccs1. The Morgan fingerprint density at radius 1 is 1.77 bits per heavy atom. The molecule has 0 saturated heterocycles. The van der Waals surface area contributed by atoms with E-state index in [4.69, 9.17) is 5.73 Å². The summed E-state index contributed by atoms with van der Waals surface area (Å²) in [6.45, 7) is 0. The molecule has 1 heterocycles. The van der Waals surface area contributed by atoms with E-state index in [1.165, 1.54) is 0 Å². The van der Waals surface area contributed by atoms with Gasteiger partial charge in [-0.3, -0.25) is 4.79 Å². The van der Waals surface area contributed by atoms with Gasteiger partial charge in [0.1, 0.15) is 0 Å². The average Bonchev–Trinajstić information content (AvgIpc) is 2.61. The van der Waals surface area contributed by atoms with Crippen LogP contribution in [0.25, 0.3) is 0 Å². The summed E-state index contributed by atoms with van der Waals surface area (Å²) in [4.78, 5) is 12.4. The molecule has 4 heteroatoms. The summed E-state index contributed by atoms with van der Waals surface area (Å²) >= 11 is 1.61. The standard InChI is InChI=1S/C9H12N2OS/c10-7-5-8(7)11-9(12)4-6-2-1-3-13-6/h1-3,7-8H,4-5,10H2,(H,11,12). The molecule has 0 spiro atoms. The molecule has 70 valence electrons. The van der Waals surface area contributed by atoms with Gasteiger partial charge in [-0.1, -0.05) is 6.07 Å². The summed E-state index contributed by atoms with van der Waals surface area (Å²) in [6.07, 6.45) is 1.41. The van der Waals surface area contributed by atoms with E-state index in [-0.39, 0.29) is 18.0 Å². The minimum absolute atomic E-state index is 0.0837. The molecule has 2 atom stereocenters. The smallest absolute Gasteiger partial charge is 0.225 e. The van der Waals surface area contributed by atoms with Crippen molar-refractivity contribution in [1.82, 2.24) is 5.32 Å². The third kappa shape index (κ3) is 2.29. The van der Waals surface area contributed by atoms with Crippen LogP contribution in [0, 0.1) is 0 Å². The van der Waals surface area contributed by atoms with Crippen molar-refractivity contribution in [1.29, 1.82) is 0 Å². The fourth-order valence-corrected chi connectivity index (χ4v) is 1.91. The van der Waals surface area contributed by atoms with Crippen molar-refractivity contribution in [2.75, 3.05) is 0 Å². The van der Waals surface area contributed by atoms with Gasteiger partial charge in [-0.05, 0) is 17.9 Å². The van der Waals surface area contributed by atoms with Crippen LogP contribution in [0.5, 0.6) is 0 Å². The van der Waals surface area contributed by atoms with Crippen LogP contribution in [0.15, 0.2) is 17.5 Å². The number of rotatable bonds is 3. The lowest BCUT2D eigenvalue weighted by Crippen LogP contribution is -2.30. The Morgan fingerprint density at radius 3 is 3.08 bits per heavy atom. The first-order chi connectivity index (χ1) is 6.25. The molecular formula is C9H12N2OS. The second-order valence-electron chi connectivity index (χ2n) is 3.33. The van der Waals surface area contributed by atoms with Crippen molar-refractivity contribution in [2.45, 2.75) is 24.9 Å². The lowest BCUT2D eigenvalue weighted by molar-refractivity contribution is -0.120. The van der Waals surface area contributed by atoms with Gasteiger partial charge in [-0.2, -0.15) is 0 Å². The first-order valence-electron chi connectivity index (χ1n) is 4.33. The molecule has 1 aliphatic carbocycles. The number of nitrogens with one attached hydrogen (secondary N) is 1. The van der Waals surface area contributed by atoms with Crippen molar-refractivity contribution in [3.8, 4) is 0 Å². The summed E-state index contributed by atoms with van der Waals surface area (Å²) in [5, 5.41) is 4.86. The van der Waals surface area contributed by atoms with Gasteiger partial charge in [-0.25, -0.2) is 0 Å². The van der Waals surface area contributed by atoms with E-state index in [0.717, 1.165) is 11.3 Å².